The summed E-state index contributed by atoms with van der Waals surface area (Å²) < 4.78 is 0. The van der Waals surface area contributed by atoms with Gasteiger partial charge < -0.3 is 10.5 Å². The van der Waals surface area contributed by atoms with Gasteiger partial charge in [0.25, 0.3) is 0 Å². The van der Waals surface area contributed by atoms with Gasteiger partial charge in [0.1, 0.15) is 5.82 Å². The molecule has 1 aliphatic carbocycles. The Morgan fingerprint density at radius 2 is 2.11 bits per heavy atom. The molecule has 1 heterocycles. The maximum Gasteiger partial charge on any atom is 0.140 e. The highest BCUT2D eigenvalue weighted by Gasteiger charge is 2.21. The van der Waals surface area contributed by atoms with E-state index in [4.69, 9.17) is 5.84 Å². The first-order chi connectivity index (χ1) is 9.33. The number of pyridine rings is 1. The van der Waals surface area contributed by atoms with Gasteiger partial charge in [-0.1, -0.05) is 25.3 Å². The van der Waals surface area contributed by atoms with Crippen molar-refractivity contribution in [1.82, 2.24) is 9.88 Å². The molecule has 2 rings (SSSR count). The van der Waals surface area contributed by atoms with Crippen LogP contribution in [0, 0.1) is 0 Å². The molecule has 0 radical (unpaired) electrons. The van der Waals surface area contributed by atoms with Gasteiger partial charge in [-0.3, -0.25) is 4.90 Å². The molecule has 1 aromatic rings. The summed E-state index contributed by atoms with van der Waals surface area (Å²) in [6.45, 7) is 1.69. The number of aliphatic hydroxyl groups is 1. The summed E-state index contributed by atoms with van der Waals surface area (Å²) >= 11 is 0. The zero-order valence-corrected chi connectivity index (χ0v) is 11.4. The third-order valence-corrected chi connectivity index (χ3v) is 3.80. The fourth-order valence-corrected chi connectivity index (χ4v) is 2.82. The van der Waals surface area contributed by atoms with Gasteiger partial charge in [0.05, 0.1) is 12.3 Å². The molecule has 1 aliphatic rings. The van der Waals surface area contributed by atoms with Crippen LogP contribution in [0.2, 0.25) is 0 Å². The van der Waals surface area contributed by atoms with Crippen molar-refractivity contribution in [3.8, 4) is 0 Å². The third kappa shape index (κ3) is 4.16. The van der Waals surface area contributed by atoms with Crippen molar-refractivity contribution in [2.24, 2.45) is 5.84 Å². The monoisotopic (exact) mass is 264 g/mol. The van der Waals surface area contributed by atoms with Crippen LogP contribution in [0.15, 0.2) is 18.2 Å². The van der Waals surface area contributed by atoms with Crippen LogP contribution in [0.4, 0.5) is 5.82 Å². The Balaban J connectivity index is 2.01. The first kappa shape index (κ1) is 14.2. The number of hydrogen-bond donors (Lipinski definition) is 3. The fraction of sp³-hybridized carbons (Fsp3) is 0.643. The van der Waals surface area contributed by atoms with E-state index in [9.17, 15) is 5.11 Å². The Kier molecular flexibility index (Phi) is 5.57. The summed E-state index contributed by atoms with van der Waals surface area (Å²) in [7, 11) is 0. The van der Waals surface area contributed by atoms with Gasteiger partial charge in [0.2, 0.25) is 0 Å². The van der Waals surface area contributed by atoms with Crippen molar-refractivity contribution in [1.29, 1.82) is 0 Å². The predicted molar refractivity (Wildman–Crippen MR) is 76.4 cm³/mol. The van der Waals surface area contributed by atoms with Crippen LogP contribution in [-0.2, 0) is 6.54 Å². The van der Waals surface area contributed by atoms with E-state index >= 15 is 0 Å². The average Bonchev–Trinajstić information content (AvgIpc) is 2.48. The van der Waals surface area contributed by atoms with Crippen molar-refractivity contribution in [2.75, 3.05) is 18.6 Å². The number of hydrogen-bond acceptors (Lipinski definition) is 5. The minimum absolute atomic E-state index is 0.200. The van der Waals surface area contributed by atoms with E-state index in [0.717, 1.165) is 12.2 Å². The molecule has 0 spiro atoms. The number of rotatable bonds is 6. The van der Waals surface area contributed by atoms with Gasteiger partial charge in [-0.2, -0.15) is 0 Å². The minimum Gasteiger partial charge on any atom is -0.395 e. The molecule has 0 saturated heterocycles. The largest absolute Gasteiger partial charge is 0.395 e. The van der Waals surface area contributed by atoms with Crippen molar-refractivity contribution in [3.63, 3.8) is 0 Å². The number of aliphatic hydroxyl groups excluding tert-OH is 1. The number of nitrogens with one attached hydrogen (secondary N) is 1. The molecule has 0 bridgehead atoms. The number of aromatic nitrogens is 1. The Bertz CT molecular complexity index is 379. The molecule has 106 valence electrons. The van der Waals surface area contributed by atoms with Crippen molar-refractivity contribution in [2.45, 2.75) is 44.7 Å². The number of nitrogen functional groups attached to an aromatic ring is 1. The van der Waals surface area contributed by atoms with Crippen molar-refractivity contribution < 1.29 is 5.11 Å². The first-order valence-electron chi connectivity index (χ1n) is 7.11. The SMILES string of the molecule is NNc1cccc(CN(CCO)C2CCCCC2)n1. The van der Waals surface area contributed by atoms with E-state index in [1.54, 1.807) is 0 Å². The summed E-state index contributed by atoms with van der Waals surface area (Å²) in [6, 6.07) is 6.39. The molecule has 1 fully saturated rings. The van der Waals surface area contributed by atoms with E-state index in [0.29, 0.717) is 18.4 Å². The molecule has 0 atom stereocenters. The van der Waals surface area contributed by atoms with E-state index in [2.05, 4.69) is 15.3 Å². The molecule has 0 aromatic carbocycles. The van der Waals surface area contributed by atoms with Gasteiger partial charge >= 0.3 is 0 Å². The van der Waals surface area contributed by atoms with Gasteiger partial charge in [-0.25, -0.2) is 10.8 Å². The van der Waals surface area contributed by atoms with Gasteiger partial charge in [-0.15, -0.1) is 0 Å². The summed E-state index contributed by atoms with van der Waals surface area (Å²) in [5.74, 6) is 6.07. The van der Waals surface area contributed by atoms with Crippen molar-refractivity contribution in [3.05, 3.63) is 23.9 Å². The summed E-state index contributed by atoms with van der Waals surface area (Å²) in [5, 5.41) is 9.25. The zero-order chi connectivity index (χ0) is 13.5. The van der Waals surface area contributed by atoms with Gasteiger partial charge in [0.15, 0.2) is 0 Å². The summed E-state index contributed by atoms with van der Waals surface area (Å²) in [5.41, 5.74) is 3.57. The fourth-order valence-electron chi connectivity index (χ4n) is 2.82. The highest BCUT2D eigenvalue weighted by Crippen LogP contribution is 2.23. The summed E-state index contributed by atoms with van der Waals surface area (Å²) in [6.07, 6.45) is 6.40. The van der Waals surface area contributed by atoms with Crippen LogP contribution in [-0.4, -0.2) is 34.2 Å². The van der Waals surface area contributed by atoms with Crippen LogP contribution in [0.1, 0.15) is 37.8 Å². The molecule has 0 unspecified atom stereocenters. The van der Waals surface area contributed by atoms with E-state index < -0.39 is 0 Å². The Morgan fingerprint density at radius 1 is 1.32 bits per heavy atom. The van der Waals surface area contributed by atoms with E-state index in [-0.39, 0.29) is 6.61 Å². The van der Waals surface area contributed by atoms with Crippen molar-refractivity contribution >= 4 is 5.82 Å². The first-order valence-corrected chi connectivity index (χ1v) is 7.11. The topological polar surface area (TPSA) is 74.4 Å². The maximum absolute atomic E-state index is 9.25. The van der Waals surface area contributed by atoms with E-state index in [1.165, 1.54) is 32.1 Å². The average molecular weight is 264 g/mol. The van der Waals surface area contributed by atoms with Crippen LogP contribution in [0.25, 0.3) is 0 Å². The second-order valence-corrected chi connectivity index (χ2v) is 5.14. The molecule has 0 amide bonds. The lowest BCUT2D eigenvalue weighted by Crippen LogP contribution is -2.38. The zero-order valence-electron chi connectivity index (χ0n) is 11.4. The lowest BCUT2D eigenvalue weighted by atomic mass is 9.94. The maximum atomic E-state index is 9.25. The van der Waals surface area contributed by atoms with Gasteiger partial charge in [-0.05, 0) is 25.0 Å². The molecular weight excluding hydrogens is 240 g/mol. The number of hydrazine groups is 1. The van der Waals surface area contributed by atoms with Crippen LogP contribution < -0.4 is 11.3 Å². The number of nitrogens with two attached hydrogens (primary N) is 1. The smallest absolute Gasteiger partial charge is 0.140 e. The standard InChI is InChI=1S/C14H24N4O/c15-17-14-8-4-5-12(16-14)11-18(9-10-19)13-6-2-1-3-7-13/h4-5,8,13,19H,1-3,6-7,9-11,15H2,(H,16,17). The summed E-state index contributed by atoms with van der Waals surface area (Å²) in [4.78, 5) is 6.80. The van der Waals surface area contributed by atoms with Crippen LogP contribution in [0.5, 0.6) is 0 Å². The quantitative estimate of drug-likeness (QED) is 0.536. The lowest BCUT2D eigenvalue weighted by molar-refractivity contribution is 0.116. The second kappa shape index (κ2) is 7.43. The molecule has 5 nitrogen and oxygen atoms in total. The molecule has 4 N–H and O–H groups in total. The van der Waals surface area contributed by atoms with Crippen LogP contribution >= 0.6 is 0 Å². The number of nitrogens with zero attached hydrogens (tertiary/aromatic N) is 2. The molecule has 19 heavy (non-hydrogen) atoms. The Labute approximate surface area is 114 Å². The van der Waals surface area contributed by atoms with Gasteiger partial charge in [0, 0.05) is 19.1 Å². The molecule has 5 heteroatoms. The molecule has 0 aliphatic heterocycles. The van der Waals surface area contributed by atoms with E-state index in [1.807, 2.05) is 18.2 Å². The highest BCUT2D eigenvalue weighted by molar-refractivity contribution is 5.33. The second-order valence-electron chi connectivity index (χ2n) is 5.14. The number of anilines is 1. The molecular formula is C14H24N4O. The third-order valence-electron chi connectivity index (χ3n) is 3.80. The molecule has 1 aromatic heterocycles. The Hall–Kier alpha value is -1.17. The minimum atomic E-state index is 0.200. The normalized spacial score (nSPS) is 16.8. The Morgan fingerprint density at radius 3 is 2.79 bits per heavy atom. The molecule has 1 saturated carbocycles. The van der Waals surface area contributed by atoms with Crippen LogP contribution in [0.3, 0.4) is 0 Å². The predicted octanol–water partition coefficient (Wildman–Crippen LogP) is 1.49. The highest BCUT2D eigenvalue weighted by atomic mass is 16.3. The lowest BCUT2D eigenvalue weighted by Gasteiger charge is -2.33.